The molecule has 0 aliphatic carbocycles. The molecule has 0 aromatic heterocycles. The number of ether oxygens (including phenoxy) is 2. The average Bonchev–Trinajstić information content (AvgIpc) is 3.13. The van der Waals surface area contributed by atoms with Gasteiger partial charge in [-0.3, -0.25) is 15.0 Å². The third-order valence-electron chi connectivity index (χ3n) is 5.63. The van der Waals surface area contributed by atoms with E-state index in [2.05, 4.69) is 4.74 Å². The average molecular weight is 525 g/mol. The lowest BCUT2D eigenvalue weighted by molar-refractivity contribution is -0.144. The van der Waals surface area contributed by atoms with Gasteiger partial charge in [-0.05, 0) is 29.7 Å². The standard InChI is InChI=1S/C23H28N4O6S.ClH/c1-26(2)34(30,31)27-19(12-18(23(27)29)13-21(28)32-3)14-33-20-10-8-16(9-11-20)15-4-6-17(7-5-15)22(24)25;/h4-11,18-19H,12-14H2,1-3H3,(H3,24,25);1H/t18-,19-;/m0./s1. The number of rotatable bonds is 9. The molecule has 12 heteroatoms. The molecule has 2 atom stereocenters. The van der Waals surface area contributed by atoms with E-state index in [1.54, 1.807) is 24.3 Å². The van der Waals surface area contributed by atoms with Gasteiger partial charge < -0.3 is 15.2 Å². The molecule has 3 rings (SSSR count). The Balaban J connectivity index is 0.00000432. The Morgan fingerprint density at radius 2 is 1.66 bits per heavy atom. The van der Waals surface area contributed by atoms with Crippen LogP contribution in [0.15, 0.2) is 48.5 Å². The van der Waals surface area contributed by atoms with Gasteiger partial charge in [-0.2, -0.15) is 12.7 Å². The van der Waals surface area contributed by atoms with Crippen molar-refractivity contribution < 1.29 is 27.5 Å². The van der Waals surface area contributed by atoms with Crippen molar-refractivity contribution in [2.75, 3.05) is 27.8 Å². The molecule has 1 saturated heterocycles. The first-order valence-corrected chi connectivity index (χ1v) is 11.9. The zero-order valence-electron chi connectivity index (χ0n) is 19.6. The molecule has 1 aliphatic rings. The molecule has 10 nitrogen and oxygen atoms in total. The molecule has 35 heavy (non-hydrogen) atoms. The summed E-state index contributed by atoms with van der Waals surface area (Å²) in [5, 5.41) is 7.47. The third-order valence-corrected chi connectivity index (χ3v) is 7.53. The predicted octanol–water partition coefficient (Wildman–Crippen LogP) is 2.02. The molecule has 1 amide bonds. The summed E-state index contributed by atoms with van der Waals surface area (Å²) < 4.78 is 37.8. The molecule has 1 aliphatic heterocycles. The molecule has 0 radical (unpaired) electrons. The highest BCUT2D eigenvalue weighted by molar-refractivity contribution is 7.87. The van der Waals surface area contributed by atoms with E-state index in [-0.39, 0.29) is 37.7 Å². The number of nitrogens with zero attached hydrogens (tertiary/aromatic N) is 2. The lowest BCUT2D eigenvalue weighted by atomic mass is 10.0. The van der Waals surface area contributed by atoms with Crippen LogP contribution in [0.4, 0.5) is 0 Å². The third kappa shape index (κ3) is 6.30. The Labute approximate surface area is 211 Å². The van der Waals surface area contributed by atoms with Crippen molar-refractivity contribution in [1.29, 1.82) is 5.41 Å². The van der Waals surface area contributed by atoms with Crippen LogP contribution in [-0.2, 0) is 24.5 Å². The highest BCUT2D eigenvalue weighted by Crippen LogP contribution is 2.32. The summed E-state index contributed by atoms with van der Waals surface area (Å²) in [4.78, 5) is 24.5. The van der Waals surface area contributed by atoms with E-state index in [0.29, 0.717) is 11.3 Å². The Morgan fingerprint density at radius 3 is 2.14 bits per heavy atom. The quantitative estimate of drug-likeness (QED) is 0.290. The summed E-state index contributed by atoms with van der Waals surface area (Å²) in [5.74, 6) is -1.50. The van der Waals surface area contributed by atoms with Gasteiger partial charge in [0.1, 0.15) is 18.2 Å². The van der Waals surface area contributed by atoms with Crippen LogP contribution in [0.3, 0.4) is 0 Å². The molecular formula is C23H29ClN4O6S. The maximum absolute atomic E-state index is 12.8. The molecule has 1 heterocycles. The fourth-order valence-corrected chi connectivity index (χ4v) is 4.98. The molecule has 190 valence electrons. The van der Waals surface area contributed by atoms with Crippen molar-refractivity contribution in [2.24, 2.45) is 11.7 Å². The molecule has 0 bridgehead atoms. The summed E-state index contributed by atoms with van der Waals surface area (Å²) in [7, 11) is -0.140. The summed E-state index contributed by atoms with van der Waals surface area (Å²) in [6.45, 7) is -0.0524. The number of amidine groups is 1. The van der Waals surface area contributed by atoms with Crippen molar-refractivity contribution in [3.8, 4) is 16.9 Å². The van der Waals surface area contributed by atoms with Gasteiger partial charge in [0.2, 0.25) is 5.91 Å². The molecule has 2 aromatic carbocycles. The molecule has 3 N–H and O–H groups in total. The van der Waals surface area contributed by atoms with Crippen LogP contribution in [-0.4, -0.2) is 68.6 Å². The minimum absolute atomic E-state index is 0. The monoisotopic (exact) mass is 524 g/mol. The van der Waals surface area contributed by atoms with Crippen molar-refractivity contribution in [3.63, 3.8) is 0 Å². The van der Waals surface area contributed by atoms with Crippen LogP contribution >= 0.6 is 12.4 Å². The second-order valence-electron chi connectivity index (χ2n) is 8.12. The number of carbonyl (C=O) groups is 2. The number of esters is 1. The Bertz CT molecular complexity index is 1170. The van der Waals surface area contributed by atoms with Crippen molar-refractivity contribution in [2.45, 2.75) is 18.9 Å². The predicted molar refractivity (Wildman–Crippen MR) is 134 cm³/mol. The first kappa shape index (κ1) is 28.1. The van der Waals surface area contributed by atoms with Crippen molar-refractivity contribution in [1.82, 2.24) is 8.61 Å². The van der Waals surface area contributed by atoms with Gasteiger partial charge in [0, 0.05) is 19.7 Å². The smallest absolute Gasteiger partial charge is 0.306 e. The van der Waals surface area contributed by atoms with Gasteiger partial charge in [0.05, 0.1) is 25.5 Å². The second kappa shape index (κ2) is 11.5. The summed E-state index contributed by atoms with van der Waals surface area (Å²) in [6, 6.07) is 13.7. The zero-order chi connectivity index (χ0) is 25.0. The highest BCUT2D eigenvalue weighted by Gasteiger charge is 2.47. The number of hydrogen-bond donors (Lipinski definition) is 2. The van der Waals surface area contributed by atoms with E-state index in [1.807, 2.05) is 24.3 Å². The topological polar surface area (TPSA) is 143 Å². The van der Waals surface area contributed by atoms with Crippen molar-refractivity contribution in [3.05, 3.63) is 54.1 Å². The highest BCUT2D eigenvalue weighted by atomic mass is 35.5. The first-order chi connectivity index (χ1) is 16.0. The minimum Gasteiger partial charge on any atom is -0.491 e. The number of nitrogens with one attached hydrogen (secondary N) is 1. The minimum atomic E-state index is -4.05. The van der Waals surface area contributed by atoms with Crippen LogP contribution in [0.5, 0.6) is 5.75 Å². The number of benzene rings is 2. The first-order valence-electron chi connectivity index (χ1n) is 10.5. The zero-order valence-corrected chi connectivity index (χ0v) is 21.3. The molecule has 0 unspecified atom stereocenters. The second-order valence-corrected chi connectivity index (χ2v) is 10.1. The number of carbonyl (C=O) groups excluding carboxylic acids is 2. The van der Waals surface area contributed by atoms with Gasteiger partial charge in [-0.25, -0.2) is 4.31 Å². The lowest BCUT2D eigenvalue weighted by Crippen LogP contribution is -2.47. The number of methoxy groups -OCH3 is 1. The Kier molecular flexibility index (Phi) is 9.24. The molecule has 0 saturated carbocycles. The SMILES string of the molecule is COC(=O)C[C@@H]1C[C@@H](COc2ccc(-c3ccc(C(=N)N)cc3)cc2)N(S(=O)(=O)N(C)C)C1=O.Cl. The Hall–Kier alpha value is -3.15. The van der Waals surface area contributed by atoms with E-state index in [4.69, 9.17) is 15.9 Å². The molecular weight excluding hydrogens is 496 g/mol. The maximum Gasteiger partial charge on any atom is 0.306 e. The van der Waals surface area contributed by atoms with Crippen LogP contribution in [0.1, 0.15) is 18.4 Å². The van der Waals surface area contributed by atoms with E-state index in [1.165, 1.54) is 21.2 Å². The van der Waals surface area contributed by atoms with E-state index in [0.717, 1.165) is 19.7 Å². The van der Waals surface area contributed by atoms with Crippen LogP contribution in [0.25, 0.3) is 11.1 Å². The number of nitrogens with two attached hydrogens (primary N) is 1. The molecule has 0 spiro atoms. The summed E-state index contributed by atoms with van der Waals surface area (Å²) in [6.07, 6.45) is -0.0377. The van der Waals surface area contributed by atoms with Gasteiger partial charge in [0.15, 0.2) is 0 Å². The van der Waals surface area contributed by atoms with Crippen LogP contribution in [0.2, 0.25) is 0 Å². The van der Waals surface area contributed by atoms with Gasteiger partial charge >= 0.3 is 16.2 Å². The van der Waals surface area contributed by atoms with Gasteiger partial charge in [-0.1, -0.05) is 36.4 Å². The normalized spacial score (nSPS) is 17.7. The van der Waals surface area contributed by atoms with Gasteiger partial charge in [-0.15, -0.1) is 12.4 Å². The summed E-state index contributed by atoms with van der Waals surface area (Å²) >= 11 is 0. The van der Waals surface area contributed by atoms with Crippen molar-refractivity contribution >= 4 is 40.3 Å². The number of hydrogen-bond acceptors (Lipinski definition) is 7. The largest absolute Gasteiger partial charge is 0.491 e. The van der Waals surface area contributed by atoms with E-state index >= 15 is 0 Å². The van der Waals surface area contributed by atoms with Gasteiger partial charge in [0.25, 0.3) is 0 Å². The fraction of sp³-hybridized carbons (Fsp3) is 0.348. The molecule has 1 fully saturated rings. The molecule has 2 aromatic rings. The number of amides is 1. The Morgan fingerprint density at radius 1 is 1.11 bits per heavy atom. The van der Waals surface area contributed by atoms with E-state index in [9.17, 15) is 18.0 Å². The maximum atomic E-state index is 12.8. The summed E-state index contributed by atoms with van der Waals surface area (Å²) in [5.41, 5.74) is 7.99. The fourth-order valence-electron chi connectivity index (χ4n) is 3.73. The number of halogens is 1. The van der Waals surface area contributed by atoms with E-state index < -0.39 is 34.0 Å². The van der Waals surface area contributed by atoms with Crippen LogP contribution < -0.4 is 10.5 Å². The number of nitrogen functional groups attached to an aromatic ring is 1. The van der Waals surface area contributed by atoms with Crippen LogP contribution in [0, 0.1) is 11.3 Å². The lowest BCUT2D eigenvalue weighted by Gasteiger charge is -2.27.